The minimum atomic E-state index is -4.39. The lowest BCUT2D eigenvalue weighted by Gasteiger charge is -2.24. The van der Waals surface area contributed by atoms with E-state index in [1.165, 1.54) is 57.8 Å². The number of carbonyl (C=O) groups excluding carboxylic acids is 2. The molecule has 0 saturated heterocycles. The number of hydrogen-bond acceptors (Lipinski definition) is 7. The van der Waals surface area contributed by atoms with E-state index < -0.39 is 32.5 Å². The molecule has 0 aromatic carbocycles. The summed E-state index contributed by atoms with van der Waals surface area (Å²) in [5, 5.41) is 0. The summed E-state index contributed by atoms with van der Waals surface area (Å²) >= 11 is 0. The fourth-order valence-corrected chi connectivity index (χ4v) is 6.50. The van der Waals surface area contributed by atoms with Gasteiger partial charge in [-0.05, 0) is 64.2 Å². The number of likely N-dealkylation sites (N-methyl/N-ethyl adjacent to an activating group) is 1. The zero-order valence-electron chi connectivity index (χ0n) is 37.5. The molecular weight excluding hydrogens is 750 g/mol. The number of phosphoric acid groups is 1. The standard InChI is InChI=1S/C48H84NO8P/c1-6-8-10-12-14-16-18-20-22-23-24-25-27-29-31-33-35-37-39-41-48(51)57-46(45-56-58(52,53)55-43-42-49(3,4)5)44-54-47(50)40-38-36-34-32-30-28-26-21-19-17-15-13-11-9-7-2/h9,11,13-17,19-22,26,46H,6-8,10,12,18,23-25,27-45H2,1-5H3/p+1/b11-9+,15-13+,16-14+,19-17+,22-20+,26-21+/t46-/m1/s1. The third kappa shape index (κ3) is 43.0. The lowest BCUT2D eigenvalue weighted by molar-refractivity contribution is -0.870. The first-order valence-corrected chi connectivity index (χ1v) is 24.2. The molecule has 0 amide bonds. The van der Waals surface area contributed by atoms with E-state index in [1.54, 1.807) is 0 Å². The monoisotopic (exact) mass is 835 g/mol. The lowest BCUT2D eigenvalue weighted by Crippen LogP contribution is -2.37. The Morgan fingerprint density at radius 3 is 1.60 bits per heavy atom. The van der Waals surface area contributed by atoms with Crippen molar-refractivity contribution in [2.24, 2.45) is 0 Å². The molecular formula is C48H85NO8P+. The molecule has 0 aromatic heterocycles. The van der Waals surface area contributed by atoms with Crippen molar-refractivity contribution in [1.82, 2.24) is 0 Å². The molecule has 0 aliphatic heterocycles. The highest BCUT2D eigenvalue weighted by atomic mass is 31.2. The van der Waals surface area contributed by atoms with E-state index in [0.29, 0.717) is 23.9 Å². The molecule has 0 aromatic rings. The van der Waals surface area contributed by atoms with Gasteiger partial charge in [0.05, 0.1) is 27.7 Å². The first-order valence-electron chi connectivity index (χ1n) is 22.7. The van der Waals surface area contributed by atoms with Gasteiger partial charge in [0.2, 0.25) is 0 Å². The first-order chi connectivity index (χ1) is 28.0. The Morgan fingerprint density at radius 2 is 1.05 bits per heavy atom. The lowest BCUT2D eigenvalue weighted by atomic mass is 10.1. The summed E-state index contributed by atoms with van der Waals surface area (Å²) in [6.45, 7) is 4.21. The third-order valence-corrected chi connectivity index (χ3v) is 10.3. The molecule has 0 rings (SSSR count). The summed E-state index contributed by atoms with van der Waals surface area (Å²) in [4.78, 5) is 35.4. The quantitative estimate of drug-likeness (QED) is 0.0162. The van der Waals surface area contributed by atoms with Crippen LogP contribution in [0.2, 0.25) is 0 Å². The van der Waals surface area contributed by atoms with Gasteiger partial charge in [0.1, 0.15) is 19.8 Å². The Balaban J connectivity index is 4.38. The number of quaternary nitrogens is 1. The van der Waals surface area contributed by atoms with Crippen molar-refractivity contribution >= 4 is 19.8 Å². The second-order valence-electron chi connectivity index (χ2n) is 16.1. The molecule has 9 nitrogen and oxygen atoms in total. The smallest absolute Gasteiger partial charge is 0.462 e. The Labute approximate surface area is 355 Å². The molecule has 0 aliphatic carbocycles. The number of nitrogens with zero attached hydrogens (tertiary/aromatic N) is 1. The maximum atomic E-state index is 12.7. The largest absolute Gasteiger partial charge is 0.472 e. The number of unbranched alkanes of at least 4 members (excludes halogenated alkanes) is 17. The second kappa shape index (κ2) is 39.9. The maximum Gasteiger partial charge on any atom is 0.472 e. The zero-order valence-corrected chi connectivity index (χ0v) is 38.4. The van der Waals surface area contributed by atoms with Crippen molar-refractivity contribution < 1.29 is 42.1 Å². The fraction of sp³-hybridized carbons (Fsp3) is 0.708. The Bertz CT molecular complexity index is 1220. The Hall–Kier alpha value is -2.55. The van der Waals surface area contributed by atoms with Crippen molar-refractivity contribution in [3.05, 3.63) is 72.9 Å². The molecule has 1 N–H and O–H groups in total. The molecule has 0 heterocycles. The van der Waals surface area contributed by atoms with Gasteiger partial charge in [-0.3, -0.25) is 18.6 Å². The number of carbonyl (C=O) groups is 2. The van der Waals surface area contributed by atoms with Crippen LogP contribution < -0.4 is 0 Å². The number of allylic oxidation sites excluding steroid dienone is 12. The summed E-state index contributed by atoms with van der Waals surface area (Å²) in [5.74, 6) is -0.836. The van der Waals surface area contributed by atoms with Crippen LogP contribution in [-0.2, 0) is 32.7 Å². The predicted molar refractivity (Wildman–Crippen MR) is 242 cm³/mol. The van der Waals surface area contributed by atoms with Crippen molar-refractivity contribution in [3.8, 4) is 0 Å². The molecule has 58 heavy (non-hydrogen) atoms. The fourth-order valence-electron chi connectivity index (χ4n) is 5.76. The number of hydrogen-bond donors (Lipinski definition) is 1. The van der Waals surface area contributed by atoms with Crippen molar-refractivity contribution in [2.45, 2.75) is 174 Å². The molecule has 334 valence electrons. The summed E-state index contributed by atoms with van der Waals surface area (Å²) in [6, 6.07) is 0. The molecule has 2 atom stereocenters. The number of ether oxygens (including phenoxy) is 2. The van der Waals surface area contributed by atoms with E-state index in [9.17, 15) is 19.0 Å². The van der Waals surface area contributed by atoms with E-state index >= 15 is 0 Å². The van der Waals surface area contributed by atoms with Crippen LogP contribution in [0.15, 0.2) is 72.9 Å². The van der Waals surface area contributed by atoms with E-state index in [1.807, 2.05) is 51.5 Å². The van der Waals surface area contributed by atoms with Gasteiger partial charge in [-0.15, -0.1) is 0 Å². The van der Waals surface area contributed by atoms with Gasteiger partial charge in [-0.2, -0.15) is 0 Å². The van der Waals surface area contributed by atoms with E-state index in [0.717, 1.165) is 70.6 Å². The highest BCUT2D eigenvalue weighted by Crippen LogP contribution is 2.43. The number of phosphoric ester groups is 1. The Kier molecular flexibility index (Phi) is 38.1. The van der Waals surface area contributed by atoms with Gasteiger partial charge in [-0.25, -0.2) is 4.57 Å². The molecule has 0 spiro atoms. The summed E-state index contributed by atoms with van der Waals surface area (Å²) in [5.41, 5.74) is 0. The topological polar surface area (TPSA) is 108 Å². The number of esters is 2. The molecule has 0 bridgehead atoms. The van der Waals surface area contributed by atoms with E-state index in [4.69, 9.17) is 18.5 Å². The van der Waals surface area contributed by atoms with Crippen LogP contribution in [0.4, 0.5) is 0 Å². The summed E-state index contributed by atoms with van der Waals surface area (Å²) < 4.78 is 34.3. The highest BCUT2D eigenvalue weighted by Gasteiger charge is 2.27. The highest BCUT2D eigenvalue weighted by molar-refractivity contribution is 7.47. The van der Waals surface area contributed by atoms with Crippen LogP contribution in [0.1, 0.15) is 168 Å². The molecule has 0 fully saturated rings. The van der Waals surface area contributed by atoms with Crippen LogP contribution in [0, 0.1) is 0 Å². The summed E-state index contributed by atoms with van der Waals surface area (Å²) in [7, 11) is 1.45. The van der Waals surface area contributed by atoms with Gasteiger partial charge >= 0.3 is 19.8 Å². The maximum absolute atomic E-state index is 12.7. The molecule has 10 heteroatoms. The van der Waals surface area contributed by atoms with Gasteiger partial charge in [0.25, 0.3) is 0 Å². The van der Waals surface area contributed by atoms with Crippen molar-refractivity contribution in [2.75, 3.05) is 47.5 Å². The first kappa shape index (κ1) is 55.5. The van der Waals surface area contributed by atoms with Crippen LogP contribution in [0.5, 0.6) is 0 Å². The van der Waals surface area contributed by atoms with E-state index in [-0.39, 0.29) is 26.1 Å². The minimum absolute atomic E-state index is 0.0230. The van der Waals surface area contributed by atoms with Crippen molar-refractivity contribution in [3.63, 3.8) is 0 Å². The van der Waals surface area contributed by atoms with Gasteiger partial charge in [0.15, 0.2) is 6.10 Å². The van der Waals surface area contributed by atoms with Gasteiger partial charge in [-0.1, -0.05) is 164 Å². The van der Waals surface area contributed by atoms with E-state index in [2.05, 4.69) is 56.4 Å². The van der Waals surface area contributed by atoms with Crippen LogP contribution >= 0.6 is 7.82 Å². The minimum Gasteiger partial charge on any atom is -0.462 e. The van der Waals surface area contributed by atoms with Crippen LogP contribution in [0.3, 0.4) is 0 Å². The Morgan fingerprint density at radius 1 is 0.569 bits per heavy atom. The van der Waals surface area contributed by atoms with Crippen molar-refractivity contribution in [1.29, 1.82) is 0 Å². The molecule has 0 radical (unpaired) electrons. The van der Waals surface area contributed by atoms with Crippen LogP contribution in [-0.4, -0.2) is 74.9 Å². The second-order valence-corrected chi connectivity index (χ2v) is 17.6. The molecule has 0 saturated carbocycles. The number of rotatable bonds is 40. The zero-order chi connectivity index (χ0) is 42.8. The molecule has 1 unspecified atom stereocenters. The van der Waals surface area contributed by atoms with Gasteiger partial charge in [0, 0.05) is 12.8 Å². The normalized spacial score (nSPS) is 14.2. The molecule has 0 aliphatic rings. The third-order valence-electron chi connectivity index (χ3n) is 9.32. The van der Waals surface area contributed by atoms with Crippen LogP contribution in [0.25, 0.3) is 0 Å². The average Bonchev–Trinajstić information content (AvgIpc) is 3.17. The summed E-state index contributed by atoms with van der Waals surface area (Å²) in [6.07, 6.45) is 49.4. The van der Waals surface area contributed by atoms with Gasteiger partial charge < -0.3 is 18.9 Å². The average molecular weight is 835 g/mol. The predicted octanol–water partition coefficient (Wildman–Crippen LogP) is 13.0. The SMILES string of the molecule is CC/C=C/C=C/C=C/C=C/CCCCCCCC(=O)OC[C@H](COP(=O)(O)OCC[N+](C)(C)C)OC(=O)CCCCCCCCCCC/C=C/C/C=C/CCCCC.